The minimum Gasteiger partial charge on any atom is -0.351 e. The van der Waals surface area contributed by atoms with Gasteiger partial charge in [0.05, 0.1) is 15.4 Å². The number of hydrogen-bond acceptors (Lipinski definition) is 7. The highest BCUT2D eigenvalue weighted by molar-refractivity contribution is 6.13. The van der Waals surface area contributed by atoms with Crippen molar-refractivity contribution in [3.63, 3.8) is 0 Å². The molecule has 0 saturated heterocycles. The van der Waals surface area contributed by atoms with Crippen molar-refractivity contribution in [1.82, 2.24) is 10.2 Å². The number of benzene rings is 2. The van der Waals surface area contributed by atoms with Crippen LogP contribution < -0.4 is 5.32 Å². The molecule has 0 heterocycles. The van der Waals surface area contributed by atoms with Gasteiger partial charge >= 0.3 is 0 Å². The van der Waals surface area contributed by atoms with Gasteiger partial charge in [0.15, 0.2) is 6.29 Å². The van der Waals surface area contributed by atoms with Crippen LogP contribution in [0.5, 0.6) is 0 Å². The first-order valence-electron chi connectivity index (χ1n) is 7.53. The molecule has 0 unspecified atom stereocenters. The lowest BCUT2D eigenvalue weighted by atomic mass is 9.97. The van der Waals surface area contributed by atoms with Gasteiger partial charge < -0.3 is 10.2 Å². The molecule has 0 atom stereocenters. The Labute approximate surface area is 147 Å². The third-order valence-electron chi connectivity index (χ3n) is 3.69. The third-order valence-corrected chi connectivity index (χ3v) is 3.69. The topological polar surface area (TPSA) is 136 Å². The van der Waals surface area contributed by atoms with E-state index in [1.807, 2.05) is 19.0 Å². The number of fused-ring (bicyclic) bond motifs is 1. The molecule has 0 saturated carbocycles. The summed E-state index contributed by atoms with van der Waals surface area (Å²) in [7, 11) is 3.64. The van der Waals surface area contributed by atoms with E-state index in [4.69, 9.17) is 0 Å². The van der Waals surface area contributed by atoms with Crippen LogP contribution in [-0.2, 0) is 0 Å². The Bertz CT molecular complexity index is 904. The molecule has 10 nitrogen and oxygen atoms in total. The van der Waals surface area contributed by atoms with E-state index in [0.717, 1.165) is 24.3 Å². The number of rotatable bonds is 7. The van der Waals surface area contributed by atoms with E-state index in [1.54, 1.807) is 0 Å². The Balaban J connectivity index is 2.66. The van der Waals surface area contributed by atoms with Gasteiger partial charge in [0, 0.05) is 48.3 Å². The Hall–Kier alpha value is -3.40. The summed E-state index contributed by atoms with van der Waals surface area (Å²) in [5.41, 5.74) is -0.946. The molecule has 1 amide bonds. The summed E-state index contributed by atoms with van der Waals surface area (Å²) in [6.45, 7) is 0.837. The first kappa shape index (κ1) is 18.9. The van der Waals surface area contributed by atoms with Crippen molar-refractivity contribution in [2.24, 2.45) is 0 Å². The zero-order chi connectivity index (χ0) is 19.4. The number of aldehydes is 1. The van der Waals surface area contributed by atoms with Crippen molar-refractivity contribution < 1.29 is 19.4 Å². The molecule has 1 N–H and O–H groups in total. The largest absolute Gasteiger partial charge is 0.351 e. The second kappa shape index (κ2) is 7.66. The smallest absolute Gasteiger partial charge is 0.270 e. The number of carbonyl (C=O) groups is 2. The minimum absolute atomic E-state index is 0.0771. The lowest BCUT2D eigenvalue weighted by molar-refractivity contribution is -0.385. The summed E-state index contributed by atoms with van der Waals surface area (Å²) in [4.78, 5) is 46.5. The molecular formula is C16H16N4O6. The van der Waals surface area contributed by atoms with E-state index in [1.165, 1.54) is 0 Å². The summed E-state index contributed by atoms with van der Waals surface area (Å²) >= 11 is 0. The van der Waals surface area contributed by atoms with Gasteiger partial charge in [0.25, 0.3) is 17.3 Å². The molecule has 2 aromatic carbocycles. The molecule has 0 aliphatic rings. The fourth-order valence-electron chi connectivity index (χ4n) is 2.49. The Morgan fingerprint density at radius 3 is 2.19 bits per heavy atom. The molecule has 2 aromatic rings. The highest BCUT2D eigenvalue weighted by atomic mass is 16.6. The number of amides is 1. The van der Waals surface area contributed by atoms with Crippen LogP contribution in [-0.4, -0.2) is 54.1 Å². The number of nitrogens with zero attached hydrogens (tertiary/aromatic N) is 3. The van der Waals surface area contributed by atoms with Gasteiger partial charge in [-0.1, -0.05) is 0 Å². The summed E-state index contributed by atoms with van der Waals surface area (Å²) < 4.78 is 0. The average molecular weight is 360 g/mol. The first-order valence-corrected chi connectivity index (χ1v) is 7.53. The highest BCUT2D eigenvalue weighted by Crippen LogP contribution is 2.31. The highest BCUT2D eigenvalue weighted by Gasteiger charge is 2.22. The number of non-ortho nitro benzene ring substituents is 2. The Morgan fingerprint density at radius 1 is 1.12 bits per heavy atom. The van der Waals surface area contributed by atoms with Gasteiger partial charge in [-0.3, -0.25) is 29.8 Å². The number of nitro groups is 2. The molecule has 136 valence electrons. The van der Waals surface area contributed by atoms with Crippen molar-refractivity contribution in [2.75, 3.05) is 27.2 Å². The monoisotopic (exact) mass is 360 g/mol. The van der Waals surface area contributed by atoms with Crippen LogP contribution in [0.15, 0.2) is 24.3 Å². The van der Waals surface area contributed by atoms with E-state index in [9.17, 15) is 29.8 Å². The molecule has 0 aliphatic heterocycles. The van der Waals surface area contributed by atoms with Crippen molar-refractivity contribution in [1.29, 1.82) is 0 Å². The van der Waals surface area contributed by atoms with Gasteiger partial charge in [-0.25, -0.2) is 0 Å². The second-order valence-corrected chi connectivity index (χ2v) is 5.82. The van der Waals surface area contributed by atoms with E-state index in [2.05, 4.69) is 5.32 Å². The molecule has 0 aromatic heterocycles. The molecule has 0 spiro atoms. The van der Waals surface area contributed by atoms with Crippen LogP contribution in [0.4, 0.5) is 11.4 Å². The molecule has 10 heteroatoms. The quantitative estimate of drug-likeness (QED) is 0.451. The lowest BCUT2D eigenvalue weighted by Gasteiger charge is -2.12. The predicted octanol–water partition coefficient (Wildman–Crippen LogP) is 1.76. The van der Waals surface area contributed by atoms with Crippen molar-refractivity contribution in [2.45, 2.75) is 0 Å². The number of carbonyl (C=O) groups excluding carboxylic acids is 2. The van der Waals surface area contributed by atoms with Crippen LogP contribution in [0.3, 0.4) is 0 Å². The van der Waals surface area contributed by atoms with Crippen LogP contribution >= 0.6 is 0 Å². The lowest BCUT2D eigenvalue weighted by Crippen LogP contribution is -2.31. The van der Waals surface area contributed by atoms with E-state index in [0.29, 0.717) is 19.4 Å². The predicted molar refractivity (Wildman–Crippen MR) is 93.5 cm³/mol. The molecule has 0 fully saturated rings. The Morgan fingerprint density at radius 2 is 1.69 bits per heavy atom. The number of nitro benzene ring substituents is 2. The number of likely N-dealkylation sites (N-methyl/N-ethyl adjacent to an activating group) is 1. The zero-order valence-corrected chi connectivity index (χ0v) is 14.1. The van der Waals surface area contributed by atoms with Gasteiger partial charge in [-0.15, -0.1) is 0 Å². The summed E-state index contributed by atoms with van der Waals surface area (Å²) in [5, 5.41) is 25.0. The fraction of sp³-hybridized carbons (Fsp3) is 0.250. The SMILES string of the molecule is CN(C)CCNC(=O)c1cc([N+](=O)[O-])cc2cc([N+](=O)[O-])cc(C=O)c12. The first-order chi connectivity index (χ1) is 12.2. The minimum atomic E-state index is -0.706. The van der Waals surface area contributed by atoms with E-state index < -0.39 is 21.4 Å². The van der Waals surface area contributed by atoms with Gasteiger partial charge in [-0.2, -0.15) is 0 Å². The fourth-order valence-corrected chi connectivity index (χ4v) is 2.49. The third kappa shape index (κ3) is 3.98. The van der Waals surface area contributed by atoms with Gasteiger partial charge in [-0.05, 0) is 19.5 Å². The normalized spacial score (nSPS) is 10.7. The zero-order valence-electron chi connectivity index (χ0n) is 14.1. The van der Waals surface area contributed by atoms with Gasteiger partial charge in [0.1, 0.15) is 0 Å². The van der Waals surface area contributed by atoms with E-state index in [-0.39, 0.29) is 27.6 Å². The second-order valence-electron chi connectivity index (χ2n) is 5.82. The van der Waals surface area contributed by atoms with Crippen molar-refractivity contribution in [3.8, 4) is 0 Å². The van der Waals surface area contributed by atoms with Gasteiger partial charge in [0.2, 0.25) is 0 Å². The summed E-state index contributed by atoms with van der Waals surface area (Å²) in [6.07, 6.45) is 0.387. The average Bonchev–Trinajstić information content (AvgIpc) is 2.58. The maximum absolute atomic E-state index is 12.5. The molecule has 0 bridgehead atoms. The maximum Gasteiger partial charge on any atom is 0.270 e. The summed E-state index contributed by atoms with van der Waals surface area (Å²) in [6, 6.07) is 4.31. The van der Waals surface area contributed by atoms with Crippen LogP contribution in [0.25, 0.3) is 10.8 Å². The van der Waals surface area contributed by atoms with Crippen LogP contribution in [0.2, 0.25) is 0 Å². The van der Waals surface area contributed by atoms with Crippen molar-refractivity contribution >= 4 is 34.3 Å². The molecule has 26 heavy (non-hydrogen) atoms. The number of hydrogen-bond donors (Lipinski definition) is 1. The maximum atomic E-state index is 12.5. The van der Waals surface area contributed by atoms with Crippen LogP contribution in [0.1, 0.15) is 20.7 Å². The number of nitrogens with one attached hydrogen (secondary N) is 1. The standard InChI is InChI=1S/C16H16N4O6/c1-18(2)4-3-17-16(22)14-8-13(20(25)26)6-10-5-12(19(23)24)7-11(9-21)15(10)14/h5-9H,3-4H2,1-2H3,(H,17,22). The molecule has 2 rings (SSSR count). The molecule has 0 aliphatic carbocycles. The van der Waals surface area contributed by atoms with Crippen LogP contribution in [0, 0.1) is 20.2 Å². The van der Waals surface area contributed by atoms with E-state index >= 15 is 0 Å². The molecular weight excluding hydrogens is 344 g/mol. The van der Waals surface area contributed by atoms with Crippen molar-refractivity contribution in [3.05, 3.63) is 55.6 Å². The summed E-state index contributed by atoms with van der Waals surface area (Å²) in [5.74, 6) is -0.600. The Kier molecular flexibility index (Phi) is 5.58. The molecule has 0 radical (unpaired) electrons.